The van der Waals surface area contributed by atoms with Gasteiger partial charge in [-0.25, -0.2) is 9.59 Å². The van der Waals surface area contributed by atoms with Gasteiger partial charge in [0.25, 0.3) is 0 Å². The first-order chi connectivity index (χ1) is 15.0. The second kappa shape index (κ2) is 10.1. The van der Waals surface area contributed by atoms with Crippen molar-refractivity contribution in [2.75, 3.05) is 20.3 Å². The highest BCUT2D eigenvalue weighted by atomic mass is 16.5. The lowest BCUT2D eigenvalue weighted by Gasteiger charge is -2.20. The molecule has 0 spiro atoms. The van der Waals surface area contributed by atoms with Gasteiger partial charge in [0.05, 0.1) is 6.61 Å². The number of ether oxygens (including phenoxy) is 2. The van der Waals surface area contributed by atoms with Gasteiger partial charge in [-0.2, -0.15) is 0 Å². The van der Waals surface area contributed by atoms with E-state index in [4.69, 9.17) is 14.6 Å². The van der Waals surface area contributed by atoms with Crippen LogP contribution in [0, 0.1) is 0 Å². The number of amides is 2. The Morgan fingerprint density at radius 3 is 2.06 bits per heavy atom. The summed E-state index contributed by atoms with van der Waals surface area (Å²) in [5.41, 5.74) is 4.42. The number of carbonyl (C=O) groups excluding carboxylic acids is 2. The minimum Gasteiger partial charge on any atom is -0.480 e. The molecule has 1 aliphatic carbocycles. The van der Waals surface area contributed by atoms with Crippen LogP contribution in [-0.4, -0.2) is 55.5 Å². The molecule has 3 N–H and O–H groups in total. The Morgan fingerprint density at radius 1 is 0.968 bits per heavy atom. The lowest BCUT2D eigenvalue weighted by atomic mass is 9.98. The van der Waals surface area contributed by atoms with Crippen LogP contribution >= 0.6 is 0 Å². The van der Waals surface area contributed by atoms with Crippen molar-refractivity contribution in [1.29, 1.82) is 0 Å². The van der Waals surface area contributed by atoms with Gasteiger partial charge in [0, 0.05) is 13.0 Å². The zero-order valence-corrected chi connectivity index (χ0v) is 17.5. The third-order valence-electron chi connectivity index (χ3n) is 5.31. The van der Waals surface area contributed by atoms with Crippen LogP contribution in [0.1, 0.15) is 30.4 Å². The van der Waals surface area contributed by atoms with Gasteiger partial charge in [0.1, 0.15) is 12.6 Å². The van der Waals surface area contributed by atoms with Crippen LogP contribution in [0.4, 0.5) is 4.79 Å². The molecule has 0 bridgehead atoms. The van der Waals surface area contributed by atoms with Gasteiger partial charge < -0.3 is 25.2 Å². The highest BCUT2D eigenvalue weighted by Crippen LogP contribution is 2.44. The third-order valence-corrected chi connectivity index (χ3v) is 5.31. The van der Waals surface area contributed by atoms with E-state index in [0.29, 0.717) is 0 Å². The van der Waals surface area contributed by atoms with E-state index in [-0.39, 0.29) is 25.6 Å². The molecule has 0 heterocycles. The molecule has 0 saturated carbocycles. The minimum atomic E-state index is -1.22. The van der Waals surface area contributed by atoms with Crippen LogP contribution in [0.5, 0.6) is 0 Å². The second-order valence-corrected chi connectivity index (χ2v) is 7.29. The molecule has 2 aromatic carbocycles. The summed E-state index contributed by atoms with van der Waals surface area (Å²) in [6, 6.07) is 13.9. The van der Waals surface area contributed by atoms with Crippen molar-refractivity contribution < 1.29 is 29.0 Å². The van der Waals surface area contributed by atoms with Crippen molar-refractivity contribution in [3.05, 3.63) is 59.7 Å². The maximum atomic E-state index is 12.4. The number of methoxy groups -OCH3 is 1. The van der Waals surface area contributed by atoms with Gasteiger partial charge in [0.2, 0.25) is 5.91 Å². The number of nitrogens with one attached hydrogen (secondary N) is 2. The molecule has 0 saturated heterocycles. The fourth-order valence-electron chi connectivity index (χ4n) is 3.75. The zero-order chi connectivity index (χ0) is 22.4. The third kappa shape index (κ3) is 5.03. The van der Waals surface area contributed by atoms with Gasteiger partial charge in [-0.15, -0.1) is 0 Å². The maximum Gasteiger partial charge on any atom is 0.407 e. The quantitative estimate of drug-likeness (QED) is 0.568. The number of carboxylic acids is 1. The lowest BCUT2D eigenvalue weighted by Crippen LogP contribution is -2.52. The Hall–Kier alpha value is -3.39. The van der Waals surface area contributed by atoms with E-state index in [2.05, 4.69) is 10.6 Å². The van der Waals surface area contributed by atoms with E-state index < -0.39 is 30.1 Å². The molecule has 2 atom stereocenters. The molecule has 0 fully saturated rings. The Morgan fingerprint density at radius 2 is 1.55 bits per heavy atom. The average Bonchev–Trinajstić information content (AvgIpc) is 3.09. The van der Waals surface area contributed by atoms with Gasteiger partial charge >= 0.3 is 12.1 Å². The smallest absolute Gasteiger partial charge is 0.407 e. The molecule has 8 heteroatoms. The van der Waals surface area contributed by atoms with Crippen molar-refractivity contribution in [2.45, 2.75) is 31.3 Å². The summed E-state index contributed by atoms with van der Waals surface area (Å²) in [5, 5.41) is 14.0. The number of hydrogen-bond acceptors (Lipinski definition) is 5. The van der Waals surface area contributed by atoms with Crippen LogP contribution in [-0.2, 0) is 19.1 Å². The summed E-state index contributed by atoms with van der Waals surface area (Å²) in [7, 11) is 1.34. The molecule has 0 radical (unpaired) electrons. The molecule has 2 aromatic rings. The van der Waals surface area contributed by atoms with E-state index >= 15 is 0 Å². The molecule has 0 aromatic heterocycles. The Balaban J connectivity index is 1.62. The lowest BCUT2D eigenvalue weighted by molar-refractivity contribution is -0.143. The van der Waals surface area contributed by atoms with E-state index in [9.17, 15) is 14.4 Å². The molecule has 31 heavy (non-hydrogen) atoms. The van der Waals surface area contributed by atoms with E-state index in [1.54, 1.807) is 6.92 Å². The van der Waals surface area contributed by atoms with Gasteiger partial charge in [-0.05, 0) is 28.7 Å². The minimum absolute atomic E-state index is 0.0925. The molecule has 2 amide bonds. The van der Waals surface area contributed by atoms with Gasteiger partial charge in [0.15, 0.2) is 6.04 Å². The topological polar surface area (TPSA) is 114 Å². The van der Waals surface area contributed by atoms with E-state index in [1.807, 2.05) is 48.5 Å². The summed E-state index contributed by atoms with van der Waals surface area (Å²) < 4.78 is 10.3. The number of carboxylic acid groups (broad SMARTS) is 1. The number of fused-ring (bicyclic) bond motifs is 3. The van der Waals surface area contributed by atoms with Crippen molar-refractivity contribution in [3.8, 4) is 11.1 Å². The van der Waals surface area contributed by atoms with E-state index in [0.717, 1.165) is 22.3 Å². The summed E-state index contributed by atoms with van der Waals surface area (Å²) in [6.45, 7) is 1.65. The highest BCUT2D eigenvalue weighted by molar-refractivity contribution is 5.89. The Kier molecular flexibility index (Phi) is 7.25. The predicted octanol–water partition coefficient (Wildman–Crippen LogP) is 2.52. The van der Waals surface area contributed by atoms with Crippen LogP contribution < -0.4 is 10.6 Å². The first-order valence-corrected chi connectivity index (χ1v) is 10.1. The average molecular weight is 426 g/mol. The summed E-state index contributed by atoms with van der Waals surface area (Å²) in [4.78, 5) is 36.0. The van der Waals surface area contributed by atoms with Crippen LogP contribution in [0.3, 0.4) is 0 Å². The largest absolute Gasteiger partial charge is 0.480 e. The van der Waals surface area contributed by atoms with Crippen LogP contribution in [0.15, 0.2) is 48.5 Å². The number of alkyl carbamates (subject to hydrolysis) is 1. The van der Waals surface area contributed by atoms with Crippen LogP contribution in [0.25, 0.3) is 11.1 Å². The van der Waals surface area contributed by atoms with Crippen molar-refractivity contribution in [1.82, 2.24) is 10.6 Å². The molecule has 0 aliphatic heterocycles. The fraction of sp³-hybridized carbons (Fsp3) is 0.348. The van der Waals surface area contributed by atoms with Gasteiger partial charge in [-0.3, -0.25) is 4.79 Å². The normalized spacial score (nSPS) is 14.1. The molecule has 3 rings (SSSR count). The van der Waals surface area contributed by atoms with E-state index in [1.165, 1.54) is 7.11 Å². The predicted molar refractivity (Wildman–Crippen MR) is 114 cm³/mol. The molecule has 164 valence electrons. The highest BCUT2D eigenvalue weighted by Gasteiger charge is 2.30. The van der Waals surface area contributed by atoms with Crippen molar-refractivity contribution in [3.63, 3.8) is 0 Å². The van der Waals surface area contributed by atoms with Crippen molar-refractivity contribution in [2.24, 2.45) is 0 Å². The number of aliphatic carboxylic acids is 1. The monoisotopic (exact) mass is 426 g/mol. The Bertz CT molecular complexity index is 915. The van der Waals surface area contributed by atoms with Crippen LogP contribution in [0.2, 0.25) is 0 Å². The summed E-state index contributed by atoms with van der Waals surface area (Å²) in [5.74, 6) is -1.92. The Labute approximate surface area is 180 Å². The molecule has 0 unspecified atom stereocenters. The fourth-order valence-corrected chi connectivity index (χ4v) is 3.75. The molecule has 8 nitrogen and oxygen atoms in total. The molecular weight excluding hydrogens is 400 g/mol. The summed E-state index contributed by atoms with van der Waals surface area (Å²) in [6.07, 6.45) is -0.461. The first kappa shape index (κ1) is 22.3. The zero-order valence-electron chi connectivity index (χ0n) is 17.5. The first-order valence-electron chi connectivity index (χ1n) is 10.1. The standard InChI is InChI=1S/C23H26N2O6/c1-3-19(21(26)24-20(13-30-2)22(27)28)25-23(29)31-12-18-16-10-6-4-8-14(16)15-9-5-7-11-17(15)18/h4-11,18-20H,3,12-13H2,1-2H3,(H,24,26)(H,25,29)(H,27,28)/t19-,20+/m1/s1. The SMILES string of the molecule is CC[C@@H](NC(=O)OCC1c2ccccc2-c2ccccc21)C(=O)N[C@@H](COC)C(=O)O. The molecular formula is C23H26N2O6. The maximum absolute atomic E-state index is 12.4. The second-order valence-electron chi connectivity index (χ2n) is 7.29. The number of carbonyl (C=O) groups is 3. The number of benzene rings is 2. The number of rotatable bonds is 9. The molecule has 1 aliphatic rings. The number of hydrogen-bond donors (Lipinski definition) is 3. The van der Waals surface area contributed by atoms with Gasteiger partial charge in [-0.1, -0.05) is 55.5 Å². The van der Waals surface area contributed by atoms with Crippen molar-refractivity contribution >= 4 is 18.0 Å². The summed E-state index contributed by atoms with van der Waals surface area (Å²) >= 11 is 0.